The van der Waals surface area contributed by atoms with E-state index < -0.39 is 0 Å². The van der Waals surface area contributed by atoms with Gasteiger partial charge in [-0.25, -0.2) is 10.4 Å². The summed E-state index contributed by atoms with van der Waals surface area (Å²) in [5.74, 6) is 0.0597. The largest absolute Gasteiger partial charge is 0.367 e. The number of rotatable bonds is 9. The quantitative estimate of drug-likeness (QED) is 0.221. The minimum absolute atomic E-state index is 0.177. The molecule has 7 heteroatoms. The molecule has 6 nitrogen and oxygen atoms in total. The number of H-pyrrole nitrogens is 1. The maximum atomic E-state index is 12.1. The van der Waals surface area contributed by atoms with Crippen LogP contribution < -0.4 is 10.3 Å². The van der Waals surface area contributed by atoms with Crippen LogP contribution in [0.4, 0.5) is 5.69 Å². The Balaban J connectivity index is 1.27. The van der Waals surface area contributed by atoms with Gasteiger partial charge in [0.25, 0.3) is 5.91 Å². The number of nitrogens with one attached hydrogen (secondary N) is 2. The summed E-state index contributed by atoms with van der Waals surface area (Å²) in [7, 11) is 0. The number of hydrogen-bond donors (Lipinski definition) is 2. The number of anilines is 1. The van der Waals surface area contributed by atoms with Gasteiger partial charge in [0.15, 0.2) is 5.16 Å². The fraction of sp³-hybridized carbons (Fsp3) is 0.160. The van der Waals surface area contributed by atoms with Crippen LogP contribution in [-0.4, -0.2) is 34.4 Å². The maximum Gasteiger partial charge on any atom is 0.250 e. The Bertz CT molecular complexity index is 1150. The molecule has 0 radical (unpaired) electrons. The van der Waals surface area contributed by atoms with Crippen molar-refractivity contribution >= 4 is 40.6 Å². The number of fused-ring (bicyclic) bond motifs is 1. The molecule has 0 bridgehead atoms. The first-order valence-electron chi connectivity index (χ1n) is 10.5. The van der Waals surface area contributed by atoms with Crippen LogP contribution in [0.15, 0.2) is 89.1 Å². The first-order valence-corrected chi connectivity index (χ1v) is 11.5. The minimum Gasteiger partial charge on any atom is -0.367 e. The van der Waals surface area contributed by atoms with Crippen molar-refractivity contribution in [3.05, 3.63) is 90.0 Å². The Kier molecular flexibility index (Phi) is 7.19. The number of nitrogens with zero attached hydrogens (tertiary/aromatic N) is 3. The first kappa shape index (κ1) is 21.6. The lowest BCUT2D eigenvalue weighted by molar-refractivity contribution is -0.118. The van der Waals surface area contributed by atoms with Crippen LogP contribution in [0, 0.1) is 0 Å². The fourth-order valence-corrected chi connectivity index (χ4v) is 3.98. The monoisotopic (exact) mass is 443 g/mol. The first-order chi connectivity index (χ1) is 15.7. The van der Waals surface area contributed by atoms with Gasteiger partial charge in [-0.3, -0.25) is 4.79 Å². The van der Waals surface area contributed by atoms with Crippen molar-refractivity contribution < 1.29 is 4.79 Å². The van der Waals surface area contributed by atoms with Crippen LogP contribution in [-0.2, 0) is 11.3 Å². The number of benzene rings is 3. The molecule has 1 heterocycles. The molecular formula is C25H25N5OS. The summed E-state index contributed by atoms with van der Waals surface area (Å²) in [5.41, 5.74) is 7.78. The summed E-state index contributed by atoms with van der Waals surface area (Å²) < 4.78 is 0. The predicted molar refractivity (Wildman–Crippen MR) is 132 cm³/mol. The molecule has 3 aromatic carbocycles. The third-order valence-corrected chi connectivity index (χ3v) is 5.84. The SMILES string of the molecule is CCN(Cc1ccccc1)c1ccc(/C=N\NC(=O)CSc2nc3ccccc3[nH]2)cc1. The number of thioether (sulfide) groups is 1. The zero-order valence-corrected chi connectivity index (χ0v) is 18.7. The summed E-state index contributed by atoms with van der Waals surface area (Å²) in [6.45, 7) is 3.93. The lowest BCUT2D eigenvalue weighted by Crippen LogP contribution is -2.21. The number of hydrogen-bond acceptors (Lipinski definition) is 5. The molecule has 2 N–H and O–H groups in total. The molecule has 0 aliphatic heterocycles. The Morgan fingerprint density at radius 1 is 1.06 bits per heavy atom. The molecule has 1 aromatic heterocycles. The summed E-state index contributed by atoms with van der Waals surface area (Å²) in [6.07, 6.45) is 1.65. The number of imidazole rings is 1. The molecule has 0 unspecified atom stereocenters. The number of aromatic nitrogens is 2. The number of hydrazone groups is 1. The third-order valence-electron chi connectivity index (χ3n) is 4.97. The van der Waals surface area contributed by atoms with E-state index in [1.54, 1.807) is 6.21 Å². The Labute approximate surface area is 191 Å². The molecule has 0 saturated heterocycles. The van der Waals surface area contributed by atoms with Gasteiger partial charge in [0.1, 0.15) is 0 Å². The number of carbonyl (C=O) groups is 1. The smallest absolute Gasteiger partial charge is 0.250 e. The molecular weight excluding hydrogens is 418 g/mol. The van der Waals surface area contributed by atoms with Crippen LogP contribution in [0.25, 0.3) is 11.0 Å². The normalized spacial score (nSPS) is 11.2. The van der Waals surface area contributed by atoms with Gasteiger partial charge in [0, 0.05) is 18.8 Å². The Hall–Kier alpha value is -3.58. The van der Waals surface area contributed by atoms with Gasteiger partial charge in [0.05, 0.1) is 23.0 Å². The zero-order chi connectivity index (χ0) is 22.2. The van der Waals surface area contributed by atoms with Crippen molar-refractivity contribution in [2.24, 2.45) is 5.10 Å². The predicted octanol–water partition coefficient (Wildman–Crippen LogP) is 4.83. The van der Waals surface area contributed by atoms with Crippen molar-refractivity contribution in [2.75, 3.05) is 17.2 Å². The molecule has 0 fully saturated rings. The second-order valence-corrected chi connectivity index (χ2v) is 8.20. The van der Waals surface area contributed by atoms with Crippen LogP contribution >= 0.6 is 11.8 Å². The third kappa shape index (κ3) is 5.76. The number of aromatic amines is 1. The van der Waals surface area contributed by atoms with E-state index in [1.165, 1.54) is 17.3 Å². The number of carbonyl (C=O) groups excluding carboxylic acids is 1. The van der Waals surface area contributed by atoms with Gasteiger partial charge < -0.3 is 9.88 Å². The molecule has 1 amide bonds. The van der Waals surface area contributed by atoms with Crippen molar-refractivity contribution in [1.29, 1.82) is 0 Å². The minimum atomic E-state index is -0.177. The highest BCUT2D eigenvalue weighted by Gasteiger charge is 2.07. The van der Waals surface area contributed by atoms with E-state index in [1.807, 2.05) is 42.5 Å². The van der Waals surface area contributed by atoms with E-state index in [-0.39, 0.29) is 11.7 Å². The van der Waals surface area contributed by atoms with E-state index in [9.17, 15) is 4.79 Å². The lowest BCUT2D eigenvalue weighted by atomic mass is 10.1. The van der Waals surface area contributed by atoms with Crippen LogP contribution in [0.5, 0.6) is 0 Å². The molecule has 162 valence electrons. The van der Waals surface area contributed by atoms with E-state index in [4.69, 9.17) is 0 Å². The molecule has 4 aromatic rings. The van der Waals surface area contributed by atoms with Crippen LogP contribution in [0.2, 0.25) is 0 Å². The van der Waals surface area contributed by atoms with Crippen molar-refractivity contribution in [2.45, 2.75) is 18.6 Å². The molecule has 0 atom stereocenters. The second-order valence-electron chi connectivity index (χ2n) is 7.23. The average Bonchev–Trinajstić information content (AvgIpc) is 3.26. The zero-order valence-electron chi connectivity index (χ0n) is 17.9. The molecule has 0 saturated carbocycles. The van der Waals surface area contributed by atoms with Crippen molar-refractivity contribution in [3.8, 4) is 0 Å². The fourth-order valence-electron chi connectivity index (χ4n) is 3.30. The summed E-state index contributed by atoms with van der Waals surface area (Å²) in [4.78, 5) is 22.0. The van der Waals surface area contributed by atoms with Gasteiger partial charge in [-0.05, 0) is 42.3 Å². The van der Waals surface area contributed by atoms with Crippen LogP contribution in [0.3, 0.4) is 0 Å². The van der Waals surface area contributed by atoms with E-state index in [0.29, 0.717) is 0 Å². The molecule has 0 aliphatic carbocycles. The van der Waals surface area contributed by atoms with Crippen molar-refractivity contribution in [1.82, 2.24) is 15.4 Å². The summed E-state index contributed by atoms with van der Waals surface area (Å²) in [5, 5.41) is 4.80. The topological polar surface area (TPSA) is 73.4 Å². The number of amides is 1. The van der Waals surface area contributed by atoms with Crippen LogP contribution in [0.1, 0.15) is 18.1 Å². The van der Waals surface area contributed by atoms with E-state index in [2.05, 4.69) is 68.7 Å². The van der Waals surface area contributed by atoms with E-state index >= 15 is 0 Å². The highest BCUT2D eigenvalue weighted by Crippen LogP contribution is 2.19. The maximum absolute atomic E-state index is 12.1. The highest BCUT2D eigenvalue weighted by atomic mass is 32.2. The van der Waals surface area contributed by atoms with Gasteiger partial charge in [-0.15, -0.1) is 0 Å². The average molecular weight is 444 g/mol. The van der Waals surface area contributed by atoms with Gasteiger partial charge in [0.2, 0.25) is 0 Å². The Morgan fingerprint density at radius 2 is 1.81 bits per heavy atom. The second kappa shape index (κ2) is 10.6. The number of para-hydroxylation sites is 2. The molecule has 0 spiro atoms. The van der Waals surface area contributed by atoms with Crippen molar-refractivity contribution in [3.63, 3.8) is 0 Å². The van der Waals surface area contributed by atoms with Gasteiger partial charge in [-0.2, -0.15) is 5.10 Å². The molecule has 4 rings (SSSR count). The van der Waals surface area contributed by atoms with Gasteiger partial charge >= 0.3 is 0 Å². The lowest BCUT2D eigenvalue weighted by Gasteiger charge is -2.23. The summed E-state index contributed by atoms with van der Waals surface area (Å²) >= 11 is 1.35. The molecule has 32 heavy (non-hydrogen) atoms. The van der Waals surface area contributed by atoms with Gasteiger partial charge in [-0.1, -0.05) is 66.4 Å². The highest BCUT2D eigenvalue weighted by molar-refractivity contribution is 7.99. The standard InChI is InChI=1S/C25H25N5OS/c1-2-30(17-20-8-4-3-5-9-20)21-14-12-19(13-15-21)16-26-29-24(31)18-32-25-27-22-10-6-7-11-23(22)28-25/h3-16H,2,17-18H2,1H3,(H,27,28)(H,29,31)/b26-16-. The Morgan fingerprint density at radius 3 is 2.56 bits per heavy atom. The molecule has 0 aliphatic rings. The van der Waals surface area contributed by atoms with E-state index in [0.717, 1.165) is 40.5 Å². The summed E-state index contributed by atoms with van der Waals surface area (Å²) in [6, 6.07) is 26.4.